The first kappa shape index (κ1) is 9.08. The molecule has 0 saturated carbocycles. The summed E-state index contributed by atoms with van der Waals surface area (Å²) in [6, 6.07) is 4.92. The van der Waals surface area contributed by atoms with Crippen molar-refractivity contribution in [2.75, 3.05) is 5.73 Å². The molecular weight excluding hydrogens is 250 g/mol. The van der Waals surface area contributed by atoms with Crippen molar-refractivity contribution in [2.45, 2.75) is 0 Å². The topological polar surface area (TPSA) is 76.5 Å². The molecule has 2 rings (SSSR count). The minimum atomic E-state index is -0.725. The summed E-state index contributed by atoms with van der Waals surface area (Å²) >= 11 is 3.24. The van der Waals surface area contributed by atoms with E-state index in [0.29, 0.717) is 11.0 Å². The lowest BCUT2D eigenvalue weighted by molar-refractivity contribution is 0.472. The summed E-state index contributed by atoms with van der Waals surface area (Å²) in [5.74, 6) is -0.238. The predicted molar refractivity (Wildman–Crippen MR) is 56.3 cm³/mol. The molecular formula is C9H6BrNO3. The number of aromatic hydroxyl groups is 1. The Morgan fingerprint density at radius 3 is 2.86 bits per heavy atom. The molecule has 0 amide bonds. The smallest absolute Gasteiger partial charge is 0.363 e. The number of hydrogen-bond donors (Lipinski definition) is 2. The zero-order valence-electron chi connectivity index (χ0n) is 6.95. The Kier molecular flexibility index (Phi) is 1.96. The van der Waals surface area contributed by atoms with Crippen molar-refractivity contribution in [1.82, 2.24) is 0 Å². The van der Waals surface area contributed by atoms with Crippen LogP contribution in [-0.4, -0.2) is 5.11 Å². The van der Waals surface area contributed by atoms with Crippen LogP contribution in [0.15, 0.2) is 31.9 Å². The normalized spacial score (nSPS) is 10.6. The molecule has 0 aliphatic rings. The average molecular weight is 256 g/mol. The van der Waals surface area contributed by atoms with E-state index >= 15 is 0 Å². The van der Waals surface area contributed by atoms with Gasteiger partial charge in [0.2, 0.25) is 0 Å². The molecule has 1 aromatic carbocycles. The second-order valence-electron chi connectivity index (χ2n) is 2.79. The third-order valence-corrected chi connectivity index (χ3v) is 2.37. The standard InChI is InChI=1S/C9H6BrNO3/c10-4-1-2-6-5(3-4)8(12)7(11)9(13)14-6/h1-3,12H,11H2. The molecule has 0 aliphatic carbocycles. The van der Waals surface area contributed by atoms with Crippen molar-refractivity contribution in [3.8, 4) is 5.75 Å². The number of halogens is 1. The highest BCUT2D eigenvalue weighted by Crippen LogP contribution is 2.29. The Hall–Kier alpha value is -1.49. The molecule has 4 nitrogen and oxygen atoms in total. The first-order chi connectivity index (χ1) is 6.59. The molecule has 1 aromatic heterocycles. The van der Waals surface area contributed by atoms with Crippen LogP contribution in [0.25, 0.3) is 11.0 Å². The second-order valence-corrected chi connectivity index (χ2v) is 3.71. The van der Waals surface area contributed by atoms with Gasteiger partial charge in [-0.1, -0.05) is 15.9 Å². The molecule has 0 radical (unpaired) electrons. The van der Waals surface area contributed by atoms with Crippen LogP contribution in [0.3, 0.4) is 0 Å². The van der Waals surface area contributed by atoms with E-state index in [9.17, 15) is 9.90 Å². The Bertz CT molecular complexity index is 562. The molecule has 0 aliphatic heterocycles. The van der Waals surface area contributed by atoms with Crippen molar-refractivity contribution in [1.29, 1.82) is 0 Å². The van der Waals surface area contributed by atoms with E-state index in [1.807, 2.05) is 0 Å². The summed E-state index contributed by atoms with van der Waals surface area (Å²) in [7, 11) is 0. The van der Waals surface area contributed by atoms with Gasteiger partial charge in [0.25, 0.3) is 0 Å². The van der Waals surface area contributed by atoms with Crippen LogP contribution in [0, 0.1) is 0 Å². The maximum absolute atomic E-state index is 11.1. The number of nitrogens with two attached hydrogens (primary N) is 1. The number of fused-ring (bicyclic) bond motifs is 1. The van der Waals surface area contributed by atoms with Crippen molar-refractivity contribution in [3.63, 3.8) is 0 Å². The summed E-state index contributed by atoms with van der Waals surface area (Å²) in [4.78, 5) is 11.1. The van der Waals surface area contributed by atoms with Crippen molar-refractivity contribution in [3.05, 3.63) is 33.1 Å². The first-order valence-corrected chi connectivity index (χ1v) is 4.59. The molecule has 0 spiro atoms. The third-order valence-electron chi connectivity index (χ3n) is 1.87. The van der Waals surface area contributed by atoms with Crippen molar-refractivity contribution >= 4 is 32.6 Å². The minimum absolute atomic E-state index is 0.238. The average Bonchev–Trinajstić information content (AvgIpc) is 2.16. The first-order valence-electron chi connectivity index (χ1n) is 3.80. The van der Waals surface area contributed by atoms with Gasteiger partial charge in [0.15, 0.2) is 11.4 Å². The molecule has 0 unspecified atom stereocenters. The zero-order chi connectivity index (χ0) is 10.3. The van der Waals surface area contributed by atoms with Crippen LogP contribution in [0.2, 0.25) is 0 Å². The van der Waals surface area contributed by atoms with Crippen LogP contribution in [0.4, 0.5) is 5.69 Å². The maximum Gasteiger partial charge on any atom is 0.363 e. The van der Waals surface area contributed by atoms with Gasteiger partial charge in [-0.15, -0.1) is 0 Å². The van der Waals surface area contributed by atoms with Crippen LogP contribution in [0.5, 0.6) is 5.75 Å². The van der Waals surface area contributed by atoms with E-state index in [-0.39, 0.29) is 11.4 Å². The Morgan fingerprint density at radius 2 is 2.14 bits per heavy atom. The van der Waals surface area contributed by atoms with Crippen LogP contribution >= 0.6 is 15.9 Å². The fourth-order valence-electron chi connectivity index (χ4n) is 1.17. The monoisotopic (exact) mass is 255 g/mol. The van der Waals surface area contributed by atoms with E-state index in [0.717, 1.165) is 4.47 Å². The molecule has 72 valence electrons. The molecule has 1 heterocycles. The minimum Gasteiger partial charge on any atom is -0.505 e. The zero-order valence-corrected chi connectivity index (χ0v) is 8.54. The van der Waals surface area contributed by atoms with Gasteiger partial charge >= 0.3 is 5.63 Å². The van der Waals surface area contributed by atoms with Gasteiger partial charge in [0, 0.05) is 4.47 Å². The van der Waals surface area contributed by atoms with Gasteiger partial charge in [-0.25, -0.2) is 4.79 Å². The van der Waals surface area contributed by atoms with Gasteiger partial charge in [-0.2, -0.15) is 0 Å². The molecule has 0 saturated heterocycles. The quantitative estimate of drug-likeness (QED) is 0.705. The summed E-state index contributed by atoms with van der Waals surface area (Å²) < 4.78 is 5.64. The van der Waals surface area contributed by atoms with Gasteiger partial charge in [-0.3, -0.25) is 0 Å². The molecule has 0 atom stereocenters. The third kappa shape index (κ3) is 1.26. The summed E-state index contributed by atoms with van der Waals surface area (Å²) in [5, 5.41) is 9.97. The fourth-order valence-corrected chi connectivity index (χ4v) is 1.53. The summed E-state index contributed by atoms with van der Waals surface area (Å²) in [6.45, 7) is 0. The molecule has 14 heavy (non-hydrogen) atoms. The lowest BCUT2D eigenvalue weighted by atomic mass is 10.2. The number of hydrogen-bond acceptors (Lipinski definition) is 4. The highest BCUT2D eigenvalue weighted by atomic mass is 79.9. The van der Waals surface area contributed by atoms with Gasteiger partial charge < -0.3 is 15.3 Å². The largest absolute Gasteiger partial charge is 0.505 e. The van der Waals surface area contributed by atoms with Crippen molar-refractivity contribution < 1.29 is 9.52 Å². The van der Waals surface area contributed by atoms with E-state index < -0.39 is 5.63 Å². The van der Waals surface area contributed by atoms with Gasteiger partial charge in [-0.05, 0) is 18.2 Å². The van der Waals surface area contributed by atoms with E-state index in [1.165, 1.54) is 0 Å². The highest BCUT2D eigenvalue weighted by Gasteiger charge is 2.10. The lowest BCUT2D eigenvalue weighted by Gasteiger charge is -2.02. The maximum atomic E-state index is 11.1. The number of benzene rings is 1. The molecule has 0 bridgehead atoms. The Labute approximate surface area is 87.1 Å². The summed E-state index contributed by atoms with van der Waals surface area (Å²) in [5.41, 5.74) is 4.64. The predicted octanol–water partition coefficient (Wildman–Crippen LogP) is 1.84. The van der Waals surface area contributed by atoms with E-state index in [2.05, 4.69) is 15.9 Å². The number of nitrogen functional groups attached to an aromatic ring is 1. The molecule has 3 N–H and O–H groups in total. The van der Waals surface area contributed by atoms with Gasteiger partial charge in [0.1, 0.15) is 5.58 Å². The lowest BCUT2D eigenvalue weighted by Crippen LogP contribution is -2.06. The fraction of sp³-hybridized carbons (Fsp3) is 0. The Morgan fingerprint density at radius 1 is 1.43 bits per heavy atom. The molecule has 5 heteroatoms. The SMILES string of the molecule is Nc1c(O)c2cc(Br)ccc2oc1=O. The van der Waals surface area contributed by atoms with Gasteiger partial charge in [0.05, 0.1) is 5.39 Å². The van der Waals surface area contributed by atoms with Crippen LogP contribution in [-0.2, 0) is 0 Å². The molecule has 2 aromatic rings. The van der Waals surface area contributed by atoms with Crippen molar-refractivity contribution in [2.24, 2.45) is 0 Å². The summed E-state index contributed by atoms with van der Waals surface area (Å²) in [6.07, 6.45) is 0. The van der Waals surface area contributed by atoms with E-state index in [1.54, 1.807) is 18.2 Å². The molecule has 0 fully saturated rings. The number of anilines is 1. The van der Waals surface area contributed by atoms with Crippen LogP contribution < -0.4 is 11.4 Å². The highest BCUT2D eigenvalue weighted by molar-refractivity contribution is 9.10. The van der Waals surface area contributed by atoms with Crippen LogP contribution in [0.1, 0.15) is 0 Å². The Balaban J connectivity index is 2.99. The van der Waals surface area contributed by atoms with E-state index in [4.69, 9.17) is 10.2 Å². The second kappa shape index (κ2) is 3.02. The number of rotatable bonds is 0.